The zero-order chi connectivity index (χ0) is 25.8. The molecule has 1 aliphatic carbocycles. The highest BCUT2D eigenvalue weighted by Gasteiger charge is 2.40. The summed E-state index contributed by atoms with van der Waals surface area (Å²) in [4.78, 5) is 37.6. The molecule has 0 spiro atoms. The van der Waals surface area contributed by atoms with Gasteiger partial charge in [-0.15, -0.1) is 11.3 Å². The Kier molecular flexibility index (Phi) is 7.81. The van der Waals surface area contributed by atoms with Gasteiger partial charge in [0, 0.05) is 36.4 Å². The number of carboxylic acid groups (broad SMARTS) is 1. The maximum absolute atomic E-state index is 14.4. The van der Waals surface area contributed by atoms with Crippen LogP contribution in [0.1, 0.15) is 52.2 Å². The zero-order valence-corrected chi connectivity index (χ0v) is 20.5. The number of carbonyl (C=O) groups is 3. The Morgan fingerprint density at radius 2 is 1.81 bits per heavy atom. The monoisotopic (exact) mass is 511 g/mol. The molecule has 1 atom stereocenters. The van der Waals surface area contributed by atoms with E-state index < -0.39 is 12.0 Å². The number of ketones is 1. The minimum absolute atomic E-state index is 0.0556. The summed E-state index contributed by atoms with van der Waals surface area (Å²) >= 11 is 1.47. The van der Waals surface area contributed by atoms with Crippen LogP contribution in [0.5, 0.6) is 10.8 Å². The van der Waals surface area contributed by atoms with E-state index in [9.17, 15) is 18.8 Å². The highest BCUT2D eigenvalue weighted by atomic mass is 32.1. The summed E-state index contributed by atoms with van der Waals surface area (Å²) in [5, 5.41) is 17.7. The van der Waals surface area contributed by atoms with E-state index in [2.05, 4.69) is 4.90 Å². The topological polar surface area (TPSA) is 104 Å². The number of phenols is 1. The maximum atomic E-state index is 14.4. The van der Waals surface area contributed by atoms with Gasteiger partial charge in [-0.2, -0.15) is 0 Å². The van der Waals surface area contributed by atoms with Gasteiger partial charge in [0.1, 0.15) is 11.6 Å². The number of hydrogen-bond acceptors (Lipinski definition) is 7. The van der Waals surface area contributed by atoms with E-state index in [1.807, 2.05) is 6.07 Å². The maximum Gasteiger partial charge on any atom is 0.335 e. The largest absolute Gasteiger partial charge is 0.508 e. The second-order valence-corrected chi connectivity index (χ2v) is 9.88. The van der Waals surface area contributed by atoms with Crippen LogP contribution in [0.2, 0.25) is 0 Å². The number of nitrogens with zero attached hydrogens (tertiary/aromatic N) is 1. The highest BCUT2D eigenvalue weighted by Crippen LogP contribution is 2.41. The molecule has 5 rings (SSSR count). The SMILES string of the molecule is CC(=O)Oc1cc2c(s1)CCN(C(C(=O)C1CC1)c1ccccc1F)C2.O=C(O)c1ccc(O)cc1. The van der Waals surface area contributed by atoms with Crippen LogP contribution in [0.4, 0.5) is 4.39 Å². The summed E-state index contributed by atoms with van der Waals surface area (Å²) in [5.74, 6) is -1.41. The van der Waals surface area contributed by atoms with Crippen LogP contribution in [-0.4, -0.2) is 39.4 Å². The summed E-state index contributed by atoms with van der Waals surface area (Å²) < 4.78 is 19.6. The van der Waals surface area contributed by atoms with E-state index in [0.29, 0.717) is 23.7 Å². The van der Waals surface area contributed by atoms with Crippen molar-refractivity contribution in [2.24, 2.45) is 5.92 Å². The molecule has 2 aromatic carbocycles. The average molecular weight is 512 g/mol. The number of fused-ring (bicyclic) bond motifs is 1. The minimum atomic E-state index is -0.986. The van der Waals surface area contributed by atoms with E-state index in [1.54, 1.807) is 18.2 Å². The molecule has 1 saturated carbocycles. The lowest BCUT2D eigenvalue weighted by molar-refractivity contribution is -0.131. The van der Waals surface area contributed by atoms with Gasteiger partial charge in [0.25, 0.3) is 0 Å². The number of aromatic hydroxyl groups is 1. The molecule has 3 aromatic rings. The Morgan fingerprint density at radius 1 is 1.11 bits per heavy atom. The summed E-state index contributed by atoms with van der Waals surface area (Å²) in [6.07, 6.45) is 2.57. The number of phenolic OH excluding ortho intramolecular Hbond substituents is 1. The molecular formula is C27H26FNO6S. The first kappa shape index (κ1) is 25.5. The number of Topliss-reactive ketones (excluding diaryl/α,β-unsaturated/α-hetero) is 1. The summed E-state index contributed by atoms with van der Waals surface area (Å²) in [6.45, 7) is 2.63. The van der Waals surface area contributed by atoms with Gasteiger partial charge in [-0.05, 0) is 61.2 Å². The van der Waals surface area contributed by atoms with Gasteiger partial charge in [0.2, 0.25) is 0 Å². The number of halogens is 1. The predicted octanol–water partition coefficient (Wildman–Crippen LogP) is 4.98. The number of rotatable bonds is 6. The number of hydrogen-bond donors (Lipinski definition) is 2. The first-order valence-electron chi connectivity index (χ1n) is 11.6. The van der Waals surface area contributed by atoms with Crippen molar-refractivity contribution in [3.63, 3.8) is 0 Å². The van der Waals surface area contributed by atoms with Crippen LogP contribution in [0.25, 0.3) is 0 Å². The number of esters is 1. The third-order valence-corrected chi connectivity index (χ3v) is 7.16. The fourth-order valence-corrected chi connectivity index (χ4v) is 5.21. The van der Waals surface area contributed by atoms with Crippen molar-refractivity contribution in [2.75, 3.05) is 6.54 Å². The molecule has 0 amide bonds. The first-order valence-corrected chi connectivity index (χ1v) is 12.4. The molecule has 1 aliphatic heterocycles. The Bertz CT molecular complexity index is 1270. The van der Waals surface area contributed by atoms with Crippen molar-refractivity contribution < 1.29 is 33.7 Å². The van der Waals surface area contributed by atoms with Crippen molar-refractivity contribution in [3.8, 4) is 10.8 Å². The normalized spacial score (nSPS) is 15.7. The number of carboxylic acids is 1. The van der Waals surface area contributed by atoms with Crippen LogP contribution in [-0.2, 0) is 22.6 Å². The van der Waals surface area contributed by atoms with Crippen molar-refractivity contribution in [3.05, 3.63) is 82.0 Å². The van der Waals surface area contributed by atoms with Gasteiger partial charge in [-0.1, -0.05) is 18.2 Å². The Morgan fingerprint density at radius 3 is 2.42 bits per heavy atom. The molecular weight excluding hydrogens is 485 g/mol. The number of thiophene rings is 1. The van der Waals surface area contributed by atoms with Crippen LogP contribution in [0.3, 0.4) is 0 Å². The van der Waals surface area contributed by atoms with E-state index in [-0.39, 0.29) is 34.8 Å². The van der Waals surface area contributed by atoms with Gasteiger partial charge in [-0.25, -0.2) is 9.18 Å². The van der Waals surface area contributed by atoms with Crippen LogP contribution in [0.15, 0.2) is 54.6 Å². The van der Waals surface area contributed by atoms with Gasteiger partial charge < -0.3 is 14.9 Å². The quantitative estimate of drug-likeness (QED) is 0.450. The number of benzene rings is 2. The standard InChI is InChI=1S/C20H20FNO3S.C7H6O3/c1-12(23)25-18-10-14-11-22(9-8-17(14)26-18)19(20(24)13-6-7-13)15-4-2-3-5-16(15)21;8-6-3-1-5(2-4-6)7(9)10/h2-5,10,13,19H,6-9,11H2,1H3;1-4,8H,(H,9,10). The van der Waals surface area contributed by atoms with Crippen LogP contribution >= 0.6 is 11.3 Å². The Hall–Kier alpha value is -3.56. The van der Waals surface area contributed by atoms with Crippen molar-refractivity contribution in [2.45, 2.75) is 38.8 Å². The molecule has 36 heavy (non-hydrogen) atoms. The average Bonchev–Trinajstić information content (AvgIpc) is 3.61. The van der Waals surface area contributed by atoms with Gasteiger partial charge >= 0.3 is 11.9 Å². The molecule has 2 heterocycles. The molecule has 9 heteroatoms. The molecule has 0 bridgehead atoms. The zero-order valence-electron chi connectivity index (χ0n) is 19.6. The molecule has 2 aliphatic rings. The fraction of sp³-hybridized carbons (Fsp3) is 0.296. The predicted molar refractivity (Wildman–Crippen MR) is 132 cm³/mol. The third kappa shape index (κ3) is 6.16. The van der Waals surface area contributed by atoms with Gasteiger partial charge in [-0.3, -0.25) is 14.5 Å². The molecule has 1 aromatic heterocycles. The number of ether oxygens (including phenoxy) is 1. The second-order valence-electron chi connectivity index (χ2n) is 8.78. The van der Waals surface area contributed by atoms with Crippen LogP contribution < -0.4 is 4.74 Å². The molecule has 0 saturated heterocycles. The molecule has 1 fully saturated rings. The Balaban J connectivity index is 0.000000256. The first-order chi connectivity index (χ1) is 17.2. The molecule has 2 N–H and O–H groups in total. The van der Waals surface area contributed by atoms with Crippen molar-refractivity contribution >= 4 is 29.1 Å². The lowest BCUT2D eigenvalue weighted by Crippen LogP contribution is -2.38. The molecule has 1 unspecified atom stereocenters. The highest BCUT2D eigenvalue weighted by molar-refractivity contribution is 7.14. The van der Waals surface area contributed by atoms with Gasteiger partial charge in [0.15, 0.2) is 10.8 Å². The summed E-state index contributed by atoms with van der Waals surface area (Å²) in [5.41, 5.74) is 1.70. The lowest BCUT2D eigenvalue weighted by Gasteiger charge is -2.34. The number of aromatic carboxylic acids is 1. The van der Waals surface area contributed by atoms with E-state index in [0.717, 1.165) is 24.8 Å². The second kappa shape index (κ2) is 11.0. The van der Waals surface area contributed by atoms with E-state index in [1.165, 1.54) is 53.5 Å². The lowest BCUT2D eigenvalue weighted by atomic mass is 9.95. The van der Waals surface area contributed by atoms with E-state index >= 15 is 0 Å². The van der Waals surface area contributed by atoms with E-state index in [4.69, 9.17) is 14.9 Å². The van der Waals surface area contributed by atoms with Crippen LogP contribution in [0, 0.1) is 11.7 Å². The molecule has 0 radical (unpaired) electrons. The number of carbonyl (C=O) groups excluding carboxylic acids is 2. The summed E-state index contributed by atoms with van der Waals surface area (Å²) in [6, 6.07) is 13.2. The van der Waals surface area contributed by atoms with Crippen molar-refractivity contribution in [1.82, 2.24) is 4.90 Å². The summed E-state index contributed by atoms with van der Waals surface area (Å²) in [7, 11) is 0. The van der Waals surface area contributed by atoms with Gasteiger partial charge in [0.05, 0.1) is 11.6 Å². The molecule has 7 nitrogen and oxygen atoms in total. The Labute approximate surface area is 211 Å². The minimum Gasteiger partial charge on any atom is -0.508 e. The smallest absolute Gasteiger partial charge is 0.335 e. The molecule has 188 valence electrons. The van der Waals surface area contributed by atoms with Crippen molar-refractivity contribution in [1.29, 1.82) is 0 Å². The third-order valence-electron chi connectivity index (χ3n) is 6.05. The fourth-order valence-electron chi connectivity index (χ4n) is 4.16.